The van der Waals surface area contributed by atoms with Gasteiger partial charge in [0.05, 0.1) is 18.4 Å². The van der Waals surface area contributed by atoms with Crippen LogP contribution in [-0.2, 0) is 0 Å². The minimum Gasteiger partial charge on any atom is -0.497 e. The average molecular weight is 445 g/mol. The molecule has 9 heteroatoms. The maximum absolute atomic E-state index is 12.4. The number of methoxy groups -OCH3 is 1. The molecular formula is C19H21BrN6O2. The van der Waals surface area contributed by atoms with Gasteiger partial charge in [0.25, 0.3) is 5.91 Å². The molecule has 0 saturated carbocycles. The van der Waals surface area contributed by atoms with Crippen LogP contribution in [0.4, 0.5) is 5.82 Å². The molecule has 0 spiro atoms. The van der Waals surface area contributed by atoms with Crippen molar-refractivity contribution in [3.05, 3.63) is 58.3 Å². The van der Waals surface area contributed by atoms with Crippen molar-refractivity contribution < 1.29 is 9.53 Å². The number of aryl methyl sites for hydroxylation is 1. The second-order valence-electron chi connectivity index (χ2n) is 6.08. The molecule has 0 atom stereocenters. The molecule has 3 aromatic rings. The number of benzene rings is 1. The van der Waals surface area contributed by atoms with E-state index in [-0.39, 0.29) is 5.91 Å². The molecule has 146 valence electrons. The number of carbonyl (C=O) groups is 1. The van der Waals surface area contributed by atoms with Gasteiger partial charge in [-0.25, -0.2) is 15.0 Å². The largest absolute Gasteiger partial charge is 0.497 e. The summed E-state index contributed by atoms with van der Waals surface area (Å²) in [6, 6.07) is 7.11. The lowest BCUT2D eigenvalue weighted by atomic mass is 10.2. The quantitative estimate of drug-likeness (QED) is 0.544. The highest BCUT2D eigenvalue weighted by molar-refractivity contribution is 9.10. The number of rotatable bonds is 7. The van der Waals surface area contributed by atoms with Crippen LogP contribution in [0.5, 0.6) is 5.75 Å². The molecule has 0 aliphatic carbocycles. The first-order valence-corrected chi connectivity index (χ1v) is 9.47. The Morgan fingerprint density at radius 2 is 2.00 bits per heavy atom. The number of carbonyl (C=O) groups excluding carboxylic acids is 1. The van der Waals surface area contributed by atoms with Crippen molar-refractivity contribution in [2.24, 2.45) is 0 Å². The van der Waals surface area contributed by atoms with Gasteiger partial charge in [0.15, 0.2) is 0 Å². The fraction of sp³-hybridized carbons (Fsp3) is 0.263. The molecule has 0 radical (unpaired) electrons. The summed E-state index contributed by atoms with van der Waals surface area (Å²) >= 11 is 3.39. The molecule has 2 aromatic heterocycles. The van der Waals surface area contributed by atoms with Crippen LogP contribution in [0.25, 0.3) is 5.82 Å². The summed E-state index contributed by atoms with van der Waals surface area (Å²) in [5, 5.41) is 6.06. The zero-order valence-corrected chi connectivity index (χ0v) is 17.4. The third-order valence-corrected chi connectivity index (χ3v) is 4.98. The number of anilines is 1. The van der Waals surface area contributed by atoms with Gasteiger partial charge in [0, 0.05) is 29.3 Å². The van der Waals surface area contributed by atoms with Gasteiger partial charge in [-0.3, -0.25) is 9.36 Å². The molecule has 0 aliphatic heterocycles. The Hall–Kier alpha value is -2.94. The molecule has 0 saturated heterocycles. The Kier molecular flexibility index (Phi) is 6.25. The topological polar surface area (TPSA) is 94.0 Å². The molecule has 28 heavy (non-hydrogen) atoms. The lowest BCUT2D eigenvalue weighted by Gasteiger charge is -2.10. The molecular weight excluding hydrogens is 424 g/mol. The van der Waals surface area contributed by atoms with E-state index in [1.807, 2.05) is 24.5 Å². The number of hydrogen-bond acceptors (Lipinski definition) is 6. The molecule has 2 N–H and O–H groups in total. The Morgan fingerprint density at radius 3 is 2.71 bits per heavy atom. The molecule has 3 rings (SSSR count). The van der Waals surface area contributed by atoms with E-state index in [2.05, 4.69) is 41.5 Å². The smallest absolute Gasteiger partial charge is 0.252 e. The predicted octanol–water partition coefficient (Wildman–Crippen LogP) is 2.89. The fourth-order valence-electron chi connectivity index (χ4n) is 2.57. The van der Waals surface area contributed by atoms with Crippen LogP contribution in [0.2, 0.25) is 0 Å². The molecule has 0 unspecified atom stereocenters. The summed E-state index contributed by atoms with van der Waals surface area (Å²) in [5.74, 6) is 1.86. The Balaban J connectivity index is 1.56. The van der Waals surface area contributed by atoms with E-state index in [0.29, 0.717) is 34.7 Å². The fourth-order valence-corrected chi connectivity index (χ4v) is 3.00. The van der Waals surface area contributed by atoms with Gasteiger partial charge in [-0.1, -0.05) is 0 Å². The lowest BCUT2D eigenvalue weighted by molar-refractivity contribution is 0.0954. The number of aromatic nitrogens is 4. The minimum absolute atomic E-state index is 0.180. The third-order valence-electron chi connectivity index (χ3n) is 4.29. The van der Waals surface area contributed by atoms with E-state index in [9.17, 15) is 4.79 Å². The number of nitrogens with one attached hydrogen (secondary N) is 2. The standard InChI is InChI=1S/C19H21BrN6O2/c1-12-13(2)26(11-25-12)18-9-17(23-10-24-18)21-6-7-22-19(27)15-8-14(28-3)4-5-16(15)20/h4-5,8-11H,6-7H2,1-3H3,(H,22,27)(H,21,23,24). The van der Waals surface area contributed by atoms with E-state index in [4.69, 9.17) is 4.74 Å². The zero-order chi connectivity index (χ0) is 20.1. The van der Waals surface area contributed by atoms with E-state index in [0.717, 1.165) is 17.2 Å². The Bertz CT molecular complexity index is 988. The number of ether oxygens (including phenoxy) is 1. The monoisotopic (exact) mass is 444 g/mol. The highest BCUT2D eigenvalue weighted by Crippen LogP contribution is 2.22. The van der Waals surface area contributed by atoms with Crippen molar-refractivity contribution in [1.82, 2.24) is 24.8 Å². The molecule has 2 heterocycles. The van der Waals surface area contributed by atoms with Gasteiger partial charge < -0.3 is 15.4 Å². The first-order valence-electron chi connectivity index (χ1n) is 8.68. The minimum atomic E-state index is -0.180. The second kappa shape index (κ2) is 8.83. The van der Waals surface area contributed by atoms with E-state index >= 15 is 0 Å². The van der Waals surface area contributed by atoms with Crippen LogP contribution >= 0.6 is 15.9 Å². The van der Waals surface area contributed by atoms with Crippen molar-refractivity contribution in [2.75, 3.05) is 25.5 Å². The van der Waals surface area contributed by atoms with Gasteiger partial charge in [0.1, 0.15) is 30.0 Å². The summed E-state index contributed by atoms with van der Waals surface area (Å²) in [5.41, 5.74) is 2.51. The van der Waals surface area contributed by atoms with Crippen molar-refractivity contribution in [2.45, 2.75) is 13.8 Å². The second-order valence-corrected chi connectivity index (χ2v) is 6.93. The van der Waals surface area contributed by atoms with Gasteiger partial charge in [-0.05, 0) is 48.0 Å². The van der Waals surface area contributed by atoms with Crippen molar-refractivity contribution >= 4 is 27.7 Å². The number of halogens is 1. The third kappa shape index (κ3) is 4.48. The highest BCUT2D eigenvalue weighted by atomic mass is 79.9. The van der Waals surface area contributed by atoms with Gasteiger partial charge in [-0.15, -0.1) is 0 Å². The van der Waals surface area contributed by atoms with E-state index in [1.54, 1.807) is 31.6 Å². The number of amides is 1. The first-order chi connectivity index (χ1) is 13.5. The summed E-state index contributed by atoms with van der Waals surface area (Å²) in [6.45, 7) is 4.90. The summed E-state index contributed by atoms with van der Waals surface area (Å²) in [7, 11) is 1.57. The summed E-state index contributed by atoms with van der Waals surface area (Å²) < 4.78 is 7.79. The Labute approximate surface area is 171 Å². The Morgan fingerprint density at radius 1 is 1.18 bits per heavy atom. The van der Waals surface area contributed by atoms with Crippen molar-refractivity contribution in [1.29, 1.82) is 0 Å². The molecule has 1 aromatic carbocycles. The van der Waals surface area contributed by atoms with Gasteiger partial charge >= 0.3 is 0 Å². The van der Waals surface area contributed by atoms with Gasteiger partial charge in [-0.2, -0.15) is 0 Å². The molecule has 0 fully saturated rings. The molecule has 0 bridgehead atoms. The normalized spacial score (nSPS) is 10.6. The number of imidazole rings is 1. The lowest BCUT2D eigenvalue weighted by Crippen LogP contribution is -2.29. The highest BCUT2D eigenvalue weighted by Gasteiger charge is 2.11. The zero-order valence-electron chi connectivity index (χ0n) is 15.9. The van der Waals surface area contributed by atoms with Crippen LogP contribution in [0.3, 0.4) is 0 Å². The molecule has 1 amide bonds. The summed E-state index contributed by atoms with van der Waals surface area (Å²) in [6.07, 6.45) is 3.24. The van der Waals surface area contributed by atoms with E-state index < -0.39 is 0 Å². The van der Waals surface area contributed by atoms with Crippen LogP contribution in [0.15, 0.2) is 41.4 Å². The van der Waals surface area contributed by atoms with Gasteiger partial charge in [0.2, 0.25) is 0 Å². The maximum atomic E-state index is 12.4. The maximum Gasteiger partial charge on any atom is 0.252 e. The SMILES string of the molecule is COc1ccc(Br)c(C(=O)NCCNc2cc(-n3cnc(C)c3C)ncn2)c1. The first kappa shape index (κ1) is 19.8. The average Bonchev–Trinajstić information content (AvgIpc) is 3.04. The van der Waals surface area contributed by atoms with Crippen LogP contribution in [-0.4, -0.2) is 45.6 Å². The van der Waals surface area contributed by atoms with Crippen LogP contribution in [0, 0.1) is 13.8 Å². The van der Waals surface area contributed by atoms with E-state index in [1.165, 1.54) is 6.33 Å². The summed E-state index contributed by atoms with van der Waals surface area (Å²) in [4.78, 5) is 25.2. The van der Waals surface area contributed by atoms with Crippen molar-refractivity contribution in [3.63, 3.8) is 0 Å². The molecule has 8 nitrogen and oxygen atoms in total. The van der Waals surface area contributed by atoms with Crippen LogP contribution in [0.1, 0.15) is 21.7 Å². The predicted molar refractivity (Wildman–Crippen MR) is 110 cm³/mol. The number of hydrogen-bond donors (Lipinski definition) is 2. The molecule has 0 aliphatic rings. The van der Waals surface area contributed by atoms with Crippen molar-refractivity contribution in [3.8, 4) is 11.6 Å². The van der Waals surface area contributed by atoms with Crippen LogP contribution < -0.4 is 15.4 Å². The number of nitrogens with zero attached hydrogens (tertiary/aromatic N) is 4.